The zero-order valence-electron chi connectivity index (χ0n) is 12.2. The largest absolute Gasteiger partial charge is 0.342 e. The molecule has 3 rings (SSSR count). The summed E-state index contributed by atoms with van der Waals surface area (Å²) >= 11 is 0. The Bertz CT molecular complexity index is 758. The van der Waals surface area contributed by atoms with Gasteiger partial charge in [-0.05, 0) is 31.0 Å². The highest BCUT2D eigenvalue weighted by Crippen LogP contribution is 2.29. The Morgan fingerprint density at radius 1 is 1.29 bits per heavy atom. The van der Waals surface area contributed by atoms with Crippen LogP contribution in [0.1, 0.15) is 37.9 Å². The molecule has 6 heteroatoms. The van der Waals surface area contributed by atoms with Crippen LogP contribution in [0, 0.1) is 0 Å². The molecule has 1 heterocycles. The third-order valence-electron chi connectivity index (χ3n) is 4.30. The molecule has 0 radical (unpaired) electrons. The van der Waals surface area contributed by atoms with Crippen LogP contribution >= 0.6 is 0 Å². The summed E-state index contributed by atoms with van der Waals surface area (Å²) in [7, 11) is -3.20. The zero-order chi connectivity index (χ0) is 15.1. The van der Waals surface area contributed by atoms with Crippen molar-refractivity contribution in [3.8, 4) is 0 Å². The molecule has 3 N–H and O–H groups in total. The van der Waals surface area contributed by atoms with Crippen LogP contribution in [-0.2, 0) is 16.3 Å². The lowest BCUT2D eigenvalue weighted by Gasteiger charge is -2.32. The highest BCUT2D eigenvalue weighted by Gasteiger charge is 2.28. The molecule has 0 unspecified atom stereocenters. The molecule has 1 aromatic heterocycles. The van der Waals surface area contributed by atoms with Crippen molar-refractivity contribution in [2.45, 2.75) is 49.0 Å². The van der Waals surface area contributed by atoms with Gasteiger partial charge in [-0.15, -0.1) is 0 Å². The van der Waals surface area contributed by atoms with Gasteiger partial charge < -0.3 is 10.7 Å². The maximum absolute atomic E-state index is 11.6. The summed E-state index contributed by atoms with van der Waals surface area (Å²) in [6.45, 7) is 0. The average Bonchev–Trinajstić information content (AvgIpc) is 2.78. The van der Waals surface area contributed by atoms with Gasteiger partial charge in [-0.3, -0.25) is 0 Å². The third-order valence-corrected chi connectivity index (χ3v) is 5.41. The van der Waals surface area contributed by atoms with Crippen molar-refractivity contribution in [3.63, 3.8) is 0 Å². The topological polar surface area (TPSA) is 88.8 Å². The molecule has 1 aromatic carbocycles. The Morgan fingerprint density at radius 2 is 2.00 bits per heavy atom. The fourth-order valence-corrected chi connectivity index (χ4v) is 3.77. The van der Waals surface area contributed by atoms with Crippen LogP contribution < -0.4 is 5.73 Å². The lowest BCUT2D eigenvalue weighted by atomic mass is 9.80. The summed E-state index contributed by atoms with van der Waals surface area (Å²) in [5, 5.41) is 0. The molecule has 114 valence electrons. The number of imidazole rings is 1. The SMILES string of the molecule is CS(=O)(=O)c1ccc2nc(CC3(N)CCCCC3)[nH]c2c1. The molecule has 5 nitrogen and oxygen atoms in total. The lowest BCUT2D eigenvalue weighted by Crippen LogP contribution is -2.44. The average molecular weight is 307 g/mol. The van der Waals surface area contributed by atoms with Crippen LogP contribution in [-0.4, -0.2) is 30.2 Å². The molecule has 21 heavy (non-hydrogen) atoms. The highest BCUT2D eigenvalue weighted by atomic mass is 32.2. The number of fused-ring (bicyclic) bond motifs is 1. The predicted molar refractivity (Wildman–Crippen MR) is 82.9 cm³/mol. The second-order valence-corrected chi connectivity index (χ2v) is 8.25. The first-order valence-electron chi connectivity index (χ1n) is 7.33. The van der Waals surface area contributed by atoms with Crippen LogP contribution in [0.15, 0.2) is 23.1 Å². The van der Waals surface area contributed by atoms with E-state index in [-0.39, 0.29) is 5.54 Å². The van der Waals surface area contributed by atoms with Crippen molar-refractivity contribution >= 4 is 20.9 Å². The Balaban J connectivity index is 1.90. The van der Waals surface area contributed by atoms with Gasteiger partial charge in [0.2, 0.25) is 0 Å². The first-order chi connectivity index (χ1) is 9.86. The number of nitrogens with two attached hydrogens (primary N) is 1. The number of aromatic nitrogens is 2. The Morgan fingerprint density at radius 3 is 2.67 bits per heavy atom. The second-order valence-electron chi connectivity index (χ2n) is 6.23. The fourth-order valence-electron chi connectivity index (χ4n) is 3.12. The quantitative estimate of drug-likeness (QED) is 0.909. The van der Waals surface area contributed by atoms with Crippen molar-refractivity contribution in [1.29, 1.82) is 0 Å². The molecule has 0 bridgehead atoms. The van der Waals surface area contributed by atoms with E-state index >= 15 is 0 Å². The molecular weight excluding hydrogens is 286 g/mol. The van der Waals surface area contributed by atoms with Crippen molar-refractivity contribution in [3.05, 3.63) is 24.0 Å². The number of nitrogens with one attached hydrogen (secondary N) is 1. The van der Waals surface area contributed by atoms with Crippen LogP contribution in [0.5, 0.6) is 0 Å². The van der Waals surface area contributed by atoms with Crippen molar-refractivity contribution in [2.24, 2.45) is 5.73 Å². The molecular formula is C15H21N3O2S. The van der Waals surface area contributed by atoms with Gasteiger partial charge in [0.1, 0.15) is 5.82 Å². The van der Waals surface area contributed by atoms with Crippen LogP contribution in [0.2, 0.25) is 0 Å². The molecule has 0 amide bonds. The van der Waals surface area contributed by atoms with Crippen molar-refractivity contribution in [1.82, 2.24) is 9.97 Å². The van der Waals surface area contributed by atoms with Gasteiger partial charge in [-0.2, -0.15) is 0 Å². The van der Waals surface area contributed by atoms with Gasteiger partial charge >= 0.3 is 0 Å². The summed E-state index contributed by atoms with van der Waals surface area (Å²) in [4.78, 5) is 8.08. The minimum absolute atomic E-state index is 0.175. The summed E-state index contributed by atoms with van der Waals surface area (Å²) < 4.78 is 23.2. The number of aromatic amines is 1. The Kier molecular flexibility index (Phi) is 3.53. The first-order valence-corrected chi connectivity index (χ1v) is 9.23. The second kappa shape index (κ2) is 5.10. The van der Waals surface area contributed by atoms with Gasteiger partial charge in [0.25, 0.3) is 0 Å². The number of sulfone groups is 1. The molecule has 2 aromatic rings. The molecule has 1 fully saturated rings. The van der Waals surface area contributed by atoms with E-state index in [0.717, 1.165) is 36.1 Å². The van der Waals surface area contributed by atoms with E-state index in [1.807, 2.05) is 0 Å². The Hall–Kier alpha value is -1.40. The van der Waals surface area contributed by atoms with Crippen LogP contribution in [0.3, 0.4) is 0 Å². The number of rotatable bonds is 3. The van der Waals surface area contributed by atoms with Gasteiger partial charge in [0.05, 0.1) is 15.9 Å². The van der Waals surface area contributed by atoms with Crippen molar-refractivity contribution < 1.29 is 8.42 Å². The molecule has 0 spiro atoms. The zero-order valence-corrected chi connectivity index (χ0v) is 13.0. The number of hydrogen-bond acceptors (Lipinski definition) is 4. The number of benzene rings is 1. The monoisotopic (exact) mass is 307 g/mol. The van der Waals surface area contributed by atoms with E-state index in [1.165, 1.54) is 25.5 Å². The fraction of sp³-hybridized carbons (Fsp3) is 0.533. The molecule has 1 aliphatic rings. The van der Waals surface area contributed by atoms with E-state index in [9.17, 15) is 8.42 Å². The van der Waals surface area contributed by atoms with E-state index < -0.39 is 9.84 Å². The van der Waals surface area contributed by atoms with E-state index in [4.69, 9.17) is 5.73 Å². The van der Waals surface area contributed by atoms with Gasteiger partial charge in [-0.25, -0.2) is 13.4 Å². The summed E-state index contributed by atoms with van der Waals surface area (Å²) in [6, 6.07) is 4.99. The normalized spacial score (nSPS) is 19.0. The van der Waals surface area contributed by atoms with E-state index in [0.29, 0.717) is 4.90 Å². The number of nitrogens with zero attached hydrogens (tertiary/aromatic N) is 1. The van der Waals surface area contributed by atoms with Crippen LogP contribution in [0.25, 0.3) is 11.0 Å². The molecule has 0 aliphatic heterocycles. The minimum Gasteiger partial charge on any atom is -0.342 e. The lowest BCUT2D eigenvalue weighted by molar-refractivity contribution is 0.290. The summed E-state index contributed by atoms with van der Waals surface area (Å²) in [6.07, 6.45) is 7.59. The van der Waals surface area contributed by atoms with Gasteiger partial charge in [0, 0.05) is 18.2 Å². The van der Waals surface area contributed by atoms with E-state index in [2.05, 4.69) is 9.97 Å². The minimum atomic E-state index is -3.20. The standard InChI is InChI=1S/C15H21N3O2S/c1-21(19,20)11-5-6-12-13(9-11)18-14(17-12)10-15(16)7-3-2-4-8-15/h5-6,9H,2-4,7-8,10,16H2,1H3,(H,17,18). The van der Waals surface area contributed by atoms with Gasteiger partial charge in [-0.1, -0.05) is 19.3 Å². The van der Waals surface area contributed by atoms with Gasteiger partial charge in [0.15, 0.2) is 9.84 Å². The maximum Gasteiger partial charge on any atom is 0.175 e. The predicted octanol–water partition coefficient (Wildman–Crippen LogP) is 2.17. The number of hydrogen-bond donors (Lipinski definition) is 2. The maximum atomic E-state index is 11.6. The molecule has 1 aliphatic carbocycles. The van der Waals surface area contributed by atoms with Crippen LogP contribution in [0.4, 0.5) is 0 Å². The summed E-state index contributed by atoms with van der Waals surface area (Å²) in [5.41, 5.74) is 7.83. The highest BCUT2D eigenvalue weighted by molar-refractivity contribution is 7.90. The first kappa shape index (κ1) is 14.5. The summed E-state index contributed by atoms with van der Waals surface area (Å²) in [5.74, 6) is 0.847. The smallest absolute Gasteiger partial charge is 0.175 e. The van der Waals surface area contributed by atoms with Crippen molar-refractivity contribution in [2.75, 3.05) is 6.26 Å². The Labute approximate surface area is 124 Å². The molecule has 0 atom stereocenters. The molecule has 1 saturated carbocycles. The number of H-pyrrole nitrogens is 1. The van der Waals surface area contributed by atoms with E-state index in [1.54, 1.807) is 18.2 Å². The molecule has 0 saturated heterocycles. The third kappa shape index (κ3) is 3.11.